The van der Waals surface area contributed by atoms with Gasteiger partial charge in [0.05, 0.1) is 17.2 Å². The molecule has 37 heavy (non-hydrogen) atoms. The molecular formula is C27H30ClN3O5S. The molecule has 0 heterocycles. The van der Waals surface area contributed by atoms with E-state index < -0.39 is 28.5 Å². The van der Waals surface area contributed by atoms with Crippen molar-refractivity contribution in [1.82, 2.24) is 10.2 Å². The standard InChI is InChI=1S/C27H30ClN3O5S/c1-4-36-25-16-9-8-15-24(25)31(37(34,35)23-13-6-5-7-14-23)19-26(32)30(20(2)27(33)29-3)18-21-11-10-12-22(28)17-21/h5-17,20H,4,18-19H2,1-3H3,(H,29,33)/t20-/m0/s1. The van der Waals surface area contributed by atoms with Crippen LogP contribution in [0.1, 0.15) is 19.4 Å². The highest BCUT2D eigenvalue weighted by Gasteiger charge is 2.33. The molecule has 0 spiro atoms. The third-order valence-corrected chi connectivity index (χ3v) is 7.71. The molecule has 0 aromatic heterocycles. The molecule has 1 N–H and O–H groups in total. The number of amides is 2. The Balaban J connectivity index is 2.07. The number of anilines is 1. The van der Waals surface area contributed by atoms with Gasteiger partial charge < -0.3 is 15.0 Å². The highest BCUT2D eigenvalue weighted by molar-refractivity contribution is 7.92. The van der Waals surface area contributed by atoms with Gasteiger partial charge in [0.25, 0.3) is 10.0 Å². The van der Waals surface area contributed by atoms with E-state index in [2.05, 4.69) is 5.32 Å². The first-order chi connectivity index (χ1) is 17.7. The zero-order chi connectivity index (χ0) is 27.0. The summed E-state index contributed by atoms with van der Waals surface area (Å²) in [7, 11) is -2.69. The lowest BCUT2D eigenvalue weighted by atomic mass is 10.1. The zero-order valence-electron chi connectivity index (χ0n) is 20.9. The number of sulfonamides is 1. The molecule has 0 unspecified atom stereocenters. The van der Waals surface area contributed by atoms with Crippen LogP contribution in [0.4, 0.5) is 5.69 Å². The van der Waals surface area contributed by atoms with Crippen LogP contribution in [-0.2, 0) is 26.2 Å². The summed E-state index contributed by atoms with van der Waals surface area (Å²) in [5.41, 5.74) is 0.917. The van der Waals surface area contributed by atoms with Gasteiger partial charge in [-0.25, -0.2) is 8.42 Å². The minimum atomic E-state index is -4.17. The van der Waals surface area contributed by atoms with Crippen LogP contribution in [0.5, 0.6) is 5.75 Å². The van der Waals surface area contributed by atoms with Gasteiger partial charge in [0.2, 0.25) is 11.8 Å². The largest absolute Gasteiger partial charge is 0.492 e. The van der Waals surface area contributed by atoms with Gasteiger partial charge in [0.15, 0.2) is 0 Å². The van der Waals surface area contributed by atoms with Gasteiger partial charge in [0.1, 0.15) is 18.3 Å². The average molecular weight is 544 g/mol. The molecule has 2 amide bonds. The quantitative estimate of drug-likeness (QED) is 0.393. The molecule has 0 saturated carbocycles. The van der Waals surface area contributed by atoms with Crippen LogP contribution in [0.2, 0.25) is 5.02 Å². The molecule has 0 radical (unpaired) electrons. The van der Waals surface area contributed by atoms with Crippen LogP contribution in [0.25, 0.3) is 0 Å². The van der Waals surface area contributed by atoms with Crippen LogP contribution < -0.4 is 14.4 Å². The van der Waals surface area contributed by atoms with Gasteiger partial charge in [-0.05, 0) is 55.8 Å². The lowest BCUT2D eigenvalue weighted by molar-refractivity contribution is -0.139. The summed E-state index contributed by atoms with van der Waals surface area (Å²) in [6, 6.07) is 20.5. The van der Waals surface area contributed by atoms with Crippen molar-refractivity contribution >= 4 is 39.1 Å². The minimum absolute atomic E-state index is 0.0230. The second-order valence-corrected chi connectivity index (χ2v) is 10.5. The number of nitrogens with zero attached hydrogens (tertiary/aromatic N) is 2. The Bertz CT molecular complexity index is 1330. The predicted octanol–water partition coefficient (Wildman–Crippen LogP) is 4.10. The molecule has 0 aliphatic carbocycles. The Morgan fingerprint density at radius 1 is 1.00 bits per heavy atom. The highest BCUT2D eigenvalue weighted by Crippen LogP contribution is 2.32. The number of likely N-dealkylation sites (N-methyl/N-ethyl adjacent to an activating group) is 1. The Hall–Kier alpha value is -3.56. The molecule has 10 heteroatoms. The van der Waals surface area contributed by atoms with Gasteiger partial charge in [-0.2, -0.15) is 0 Å². The van der Waals surface area contributed by atoms with Crippen molar-refractivity contribution < 1.29 is 22.7 Å². The Morgan fingerprint density at radius 2 is 1.68 bits per heavy atom. The van der Waals surface area contributed by atoms with E-state index in [9.17, 15) is 18.0 Å². The molecule has 3 rings (SSSR count). The van der Waals surface area contributed by atoms with Crippen molar-refractivity contribution in [2.75, 3.05) is 24.5 Å². The second-order valence-electron chi connectivity index (χ2n) is 8.17. The maximum Gasteiger partial charge on any atom is 0.264 e. The Kier molecular flexibility index (Phi) is 9.54. The number of ether oxygens (including phenoxy) is 1. The summed E-state index contributed by atoms with van der Waals surface area (Å²) in [5.74, 6) is -0.637. The van der Waals surface area contributed by atoms with Crippen molar-refractivity contribution in [3.8, 4) is 5.75 Å². The first-order valence-electron chi connectivity index (χ1n) is 11.7. The van der Waals surface area contributed by atoms with E-state index in [4.69, 9.17) is 16.3 Å². The molecule has 3 aromatic rings. The number of halogens is 1. The molecule has 196 valence electrons. The van der Waals surface area contributed by atoms with Gasteiger partial charge in [-0.15, -0.1) is 0 Å². The molecule has 0 bridgehead atoms. The van der Waals surface area contributed by atoms with Gasteiger partial charge >= 0.3 is 0 Å². The predicted molar refractivity (Wildman–Crippen MR) is 144 cm³/mol. The number of hydrogen-bond acceptors (Lipinski definition) is 5. The summed E-state index contributed by atoms with van der Waals surface area (Å²) in [5, 5.41) is 3.04. The third kappa shape index (κ3) is 6.81. The molecular weight excluding hydrogens is 514 g/mol. The maximum atomic E-state index is 13.8. The third-order valence-electron chi connectivity index (χ3n) is 5.70. The first-order valence-corrected chi connectivity index (χ1v) is 13.6. The number of rotatable bonds is 11. The van der Waals surface area contributed by atoms with Crippen LogP contribution >= 0.6 is 11.6 Å². The molecule has 3 aromatic carbocycles. The smallest absolute Gasteiger partial charge is 0.264 e. The lowest BCUT2D eigenvalue weighted by Gasteiger charge is -2.32. The summed E-state index contributed by atoms with van der Waals surface area (Å²) in [4.78, 5) is 27.7. The fraction of sp³-hybridized carbons (Fsp3) is 0.259. The fourth-order valence-corrected chi connectivity index (χ4v) is 5.46. The van der Waals surface area contributed by atoms with E-state index in [-0.39, 0.29) is 23.0 Å². The van der Waals surface area contributed by atoms with Crippen molar-refractivity contribution in [2.45, 2.75) is 31.3 Å². The monoisotopic (exact) mass is 543 g/mol. The van der Waals surface area contributed by atoms with Gasteiger partial charge in [-0.3, -0.25) is 13.9 Å². The molecule has 0 saturated heterocycles. The normalized spacial score (nSPS) is 11.9. The number of para-hydroxylation sites is 2. The first kappa shape index (κ1) is 28.0. The van der Waals surface area contributed by atoms with Crippen LogP contribution in [0, 0.1) is 0 Å². The van der Waals surface area contributed by atoms with Crippen LogP contribution in [0.3, 0.4) is 0 Å². The van der Waals surface area contributed by atoms with E-state index in [0.717, 1.165) is 4.31 Å². The minimum Gasteiger partial charge on any atom is -0.492 e. The van der Waals surface area contributed by atoms with Gasteiger partial charge in [-0.1, -0.05) is 54.1 Å². The molecule has 0 aliphatic heterocycles. The number of benzene rings is 3. The van der Waals surface area contributed by atoms with Crippen molar-refractivity contribution in [2.24, 2.45) is 0 Å². The van der Waals surface area contributed by atoms with E-state index in [1.807, 2.05) is 0 Å². The maximum absolute atomic E-state index is 13.8. The van der Waals surface area contributed by atoms with Crippen molar-refractivity contribution in [3.63, 3.8) is 0 Å². The topological polar surface area (TPSA) is 96.0 Å². The summed E-state index contributed by atoms with van der Waals surface area (Å²) >= 11 is 6.13. The highest BCUT2D eigenvalue weighted by atomic mass is 35.5. The Morgan fingerprint density at radius 3 is 2.32 bits per heavy atom. The Labute approximate surface area is 222 Å². The number of carbonyl (C=O) groups is 2. The lowest BCUT2D eigenvalue weighted by Crippen LogP contribution is -2.50. The van der Waals surface area contributed by atoms with E-state index in [1.165, 1.54) is 24.1 Å². The fourth-order valence-electron chi connectivity index (χ4n) is 3.80. The summed E-state index contributed by atoms with van der Waals surface area (Å²) in [6.07, 6.45) is 0. The zero-order valence-corrected chi connectivity index (χ0v) is 22.5. The molecule has 8 nitrogen and oxygen atoms in total. The SMILES string of the molecule is CCOc1ccccc1N(CC(=O)N(Cc1cccc(Cl)c1)[C@@H](C)C(=O)NC)S(=O)(=O)c1ccccc1. The molecule has 1 atom stereocenters. The molecule has 0 aliphatic rings. The van der Waals surface area contributed by atoms with E-state index in [0.29, 0.717) is 22.9 Å². The molecule has 0 fully saturated rings. The number of hydrogen-bond donors (Lipinski definition) is 1. The van der Waals surface area contributed by atoms with Crippen molar-refractivity contribution in [3.05, 3.63) is 89.4 Å². The summed E-state index contributed by atoms with van der Waals surface area (Å²) < 4.78 is 34.3. The summed E-state index contributed by atoms with van der Waals surface area (Å²) in [6.45, 7) is 3.18. The average Bonchev–Trinajstić information content (AvgIpc) is 2.90. The number of carbonyl (C=O) groups excluding carboxylic acids is 2. The van der Waals surface area contributed by atoms with Gasteiger partial charge in [0, 0.05) is 18.6 Å². The number of nitrogens with one attached hydrogen (secondary N) is 1. The van der Waals surface area contributed by atoms with Crippen molar-refractivity contribution in [1.29, 1.82) is 0 Å². The van der Waals surface area contributed by atoms with E-state index >= 15 is 0 Å². The van der Waals surface area contributed by atoms with Crippen LogP contribution in [0.15, 0.2) is 83.8 Å². The second kappa shape index (κ2) is 12.6. The van der Waals surface area contributed by atoms with Crippen LogP contribution in [-0.4, -0.2) is 51.4 Å². The van der Waals surface area contributed by atoms with E-state index in [1.54, 1.807) is 80.6 Å².